The molecule has 0 fully saturated rings. The Hall–Kier alpha value is -2.87. The fourth-order valence-corrected chi connectivity index (χ4v) is 5.31. The highest BCUT2D eigenvalue weighted by Gasteiger charge is 2.31. The first kappa shape index (κ1) is 27.7. The summed E-state index contributed by atoms with van der Waals surface area (Å²) in [6, 6.07) is 17.2. The van der Waals surface area contributed by atoms with E-state index in [9.17, 15) is 18.0 Å². The number of halogens is 2. The highest BCUT2D eigenvalue weighted by molar-refractivity contribution is 7.92. The maximum absolute atomic E-state index is 13.1. The Labute approximate surface area is 222 Å². The number of rotatable bonds is 7. The molecule has 0 saturated carbocycles. The molecule has 9 heteroatoms. The molecule has 0 heterocycles. The van der Waals surface area contributed by atoms with Crippen LogP contribution in [0, 0.1) is 0 Å². The molecule has 0 spiro atoms. The minimum atomic E-state index is -3.89. The predicted molar refractivity (Wildman–Crippen MR) is 147 cm³/mol. The van der Waals surface area contributed by atoms with Crippen LogP contribution < -0.4 is 9.62 Å². The fraction of sp³-hybridized carbons (Fsp3) is 0.259. The quantitative estimate of drug-likeness (QED) is 0.351. The zero-order valence-corrected chi connectivity index (χ0v) is 23.0. The second-order valence-corrected chi connectivity index (χ2v) is 12.3. The van der Waals surface area contributed by atoms with Crippen molar-refractivity contribution in [3.8, 4) is 0 Å². The van der Waals surface area contributed by atoms with E-state index in [0.29, 0.717) is 16.8 Å². The Morgan fingerprint density at radius 1 is 0.917 bits per heavy atom. The van der Waals surface area contributed by atoms with Gasteiger partial charge in [0.2, 0.25) is 15.9 Å². The van der Waals surface area contributed by atoms with Gasteiger partial charge in [0.1, 0.15) is 6.04 Å². The second-order valence-electron chi connectivity index (χ2n) is 9.56. The number of benzene rings is 3. The Kier molecular flexibility index (Phi) is 8.18. The number of carbonyl (C=O) groups is 2. The van der Waals surface area contributed by atoms with Crippen LogP contribution in [0.1, 0.15) is 49.2 Å². The maximum atomic E-state index is 13.1. The molecule has 0 aromatic heterocycles. The molecule has 0 aliphatic rings. The van der Waals surface area contributed by atoms with Gasteiger partial charge in [0.15, 0.2) is 5.78 Å². The first-order chi connectivity index (χ1) is 16.7. The normalized spacial score (nSPS) is 12.6. The fourth-order valence-electron chi connectivity index (χ4n) is 3.71. The summed E-state index contributed by atoms with van der Waals surface area (Å²) in [5.74, 6) is -0.793. The van der Waals surface area contributed by atoms with Gasteiger partial charge in [0.25, 0.3) is 0 Å². The molecule has 36 heavy (non-hydrogen) atoms. The summed E-state index contributed by atoms with van der Waals surface area (Å²) in [6.07, 6.45) is 0.984. The average molecular weight is 548 g/mol. The van der Waals surface area contributed by atoms with Crippen LogP contribution in [0.2, 0.25) is 10.0 Å². The molecular formula is C27H28Cl2N2O4S. The summed E-state index contributed by atoms with van der Waals surface area (Å²) in [6.45, 7) is 7.74. The SMILES string of the molecule is CC(C(=O)Nc1cccc(C(=O)c2ccc(C(C)(C)C)cc2)c1)N(c1cc(Cl)ccc1Cl)S(C)(=O)=O. The molecule has 6 nitrogen and oxygen atoms in total. The number of hydrogen-bond acceptors (Lipinski definition) is 4. The third-order valence-electron chi connectivity index (χ3n) is 5.64. The number of nitrogens with zero attached hydrogens (tertiary/aromatic N) is 1. The van der Waals surface area contributed by atoms with Crippen LogP contribution >= 0.6 is 23.2 Å². The van der Waals surface area contributed by atoms with Gasteiger partial charge in [-0.2, -0.15) is 0 Å². The molecule has 3 aromatic carbocycles. The minimum absolute atomic E-state index is 0.0301. The number of ketones is 1. The van der Waals surface area contributed by atoms with Gasteiger partial charge in [-0.25, -0.2) is 8.42 Å². The molecule has 1 N–H and O–H groups in total. The van der Waals surface area contributed by atoms with Crippen molar-refractivity contribution in [3.63, 3.8) is 0 Å². The van der Waals surface area contributed by atoms with Crippen molar-refractivity contribution in [3.05, 3.63) is 93.5 Å². The number of anilines is 2. The molecule has 1 unspecified atom stereocenters. The molecule has 1 atom stereocenters. The van der Waals surface area contributed by atoms with Gasteiger partial charge in [-0.15, -0.1) is 0 Å². The van der Waals surface area contributed by atoms with Crippen molar-refractivity contribution < 1.29 is 18.0 Å². The molecule has 0 bridgehead atoms. The summed E-state index contributed by atoms with van der Waals surface area (Å²) in [5, 5.41) is 3.11. The monoisotopic (exact) mass is 546 g/mol. The molecule has 190 valence electrons. The van der Waals surface area contributed by atoms with E-state index in [1.807, 2.05) is 12.1 Å². The predicted octanol–water partition coefficient (Wildman–Crippen LogP) is 6.32. The molecule has 1 amide bonds. The maximum Gasteiger partial charge on any atom is 0.247 e. The minimum Gasteiger partial charge on any atom is -0.324 e. The summed E-state index contributed by atoms with van der Waals surface area (Å²) in [7, 11) is -3.89. The topological polar surface area (TPSA) is 83.6 Å². The van der Waals surface area contributed by atoms with E-state index in [1.165, 1.54) is 25.1 Å². The molecule has 0 aliphatic carbocycles. The van der Waals surface area contributed by atoms with Crippen molar-refractivity contribution in [2.75, 3.05) is 15.9 Å². The smallest absolute Gasteiger partial charge is 0.247 e. The third kappa shape index (κ3) is 6.46. The highest BCUT2D eigenvalue weighted by Crippen LogP contribution is 2.32. The molecular weight excluding hydrogens is 519 g/mol. The van der Waals surface area contributed by atoms with Crippen LogP contribution in [0.5, 0.6) is 0 Å². The second kappa shape index (κ2) is 10.6. The van der Waals surface area contributed by atoms with Gasteiger partial charge in [-0.1, -0.05) is 80.4 Å². The lowest BCUT2D eigenvalue weighted by Crippen LogP contribution is -2.45. The number of sulfonamides is 1. The molecule has 3 aromatic rings. The van der Waals surface area contributed by atoms with Gasteiger partial charge in [-0.3, -0.25) is 13.9 Å². The highest BCUT2D eigenvalue weighted by atomic mass is 35.5. The van der Waals surface area contributed by atoms with Crippen molar-refractivity contribution in [2.24, 2.45) is 0 Å². The Bertz CT molecular complexity index is 1400. The zero-order valence-electron chi connectivity index (χ0n) is 20.7. The van der Waals surface area contributed by atoms with Gasteiger partial charge in [0.05, 0.1) is 17.0 Å². The van der Waals surface area contributed by atoms with E-state index in [0.717, 1.165) is 16.1 Å². The van der Waals surface area contributed by atoms with Crippen molar-refractivity contribution in [1.82, 2.24) is 0 Å². The Morgan fingerprint density at radius 2 is 1.56 bits per heavy atom. The van der Waals surface area contributed by atoms with E-state index in [4.69, 9.17) is 23.2 Å². The third-order valence-corrected chi connectivity index (χ3v) is 7.42. The van der Waals surface area contributed by atoms with Gasteiger partial charge in [0, 0.05) is 21.8 Å². The molecule has 0 saturated heterocycles. The van der Waals surface area contributed by atoms with E-state index in [-0.39, 0.29) is 26.9 Å². The molecule has 0 aliphatic heterocycles. The molecule has 0 radical (unpaired) electrons. The summed E-state index contributed by atoms with van der Waals surface area (Å²) in [5.41, 5.74) is 2.45. The van der Waals surface area contributed by atoms with Gasteiger partial charge in [-0.05, 0) is 48.2 Å². The lowest BCUT2D eigenvalue weighted by atomic mass is 9.86. The van der Waals surface area contributed by atoms with Crippen molar-refractivity contribution in [2.45, 2.75) is 39.2 Å². The van der Waals surface area contributed by atoms with Crippen molar-refractivity contribution >= 4 is 56.3 Å². The van der Waals surface area contributed by atoms with Crippen LogP contribution in [-0.4, -0.2) is 32.4 Å². The first-order valence-corrected chi connectivity index (χ1v) is 13.8. The number of hydrogen-bond donors (Lipinski definition) is 1. The van der Waals surface area contributed by atoms with Gasteiger partial charge >= 0.3 is 0 Å². The molecule has 3 rings (SSSR count). The largest absolute Gasteiger partial charge is 0.324 e. The Morgan fingerprint density at radius 3 is 2.14 bits per heavy atom. The van der Waals surface area contributed by atoms with Crippen LogP contribution in [-0.2, 0) is 20.2 Å². The van der Waals surface area contributed by atoms with E-state index < -0.39 is 22.0 Å². The zero-order chi connectivity index (χ0) is 26.8. The number of nitrogens with one attached hydrogen (secondary N) is 1. The Balaban J connectivity index is 1.84. The number of carbonyl (C=O) groups excluding carboxylic acids is 2. The summed E-state index contributed by atoms with van der Waals surface area (Å²) >= 11 is 12.3. The van der Waals surface area contributed by atoms with E-state index in [1.54, 1.807) is 36.4 Å². The lowest BCUT2D eigenvalue weighted by Gasteiger charge is -2.29. The van der Waals surface area contributed by atoms with Crippen LogP contribution in [0.3, 0.4) is 0 Å². The van der Waals surface area contributed by atoms with Crippen LogP contribution in [0.4, 0.5) is 11.4 Å². The summed E-state index contributed by atoms with van der Waals surface area (Å²) in [4.78, 5) is 26.1. The summed E-state index contributed by atoms with van der Waals surface area (Å²) < 4.78 is 26.1. The van der Waals surface area contributed by atoms with E-state index in [2.05, 4.69) is 26.1 Å². The lowest BCUT2D eigenvalue weighted by molar-refractivity contribution is -0.116. The van der Waals surface area contributed by atoms with Gasteiger partial charge < -0.3 is 5.32 Å². The van der Waals surface area contributed by atoms with Crippen LogP contribution in [0.25, 0.3) is 0 Å². The standard InChI is InChI=1S/C27H28Cl2N2O4S/c1-17(31(36(5,34)35)24-16-21(28)13-14-23(24)29)26(33)30-22-8-6-7-19(15-22)25(32)18-9-11-20(12-10-18)27(2,3)4/h6-17H,1-5H3,(H,30,33). The van der Waals surface area contributed by atoms with Crippen molar-refractivity contribution in [1.29, 1.82) is 0 Å². The van der Waals surface area contributed by atoms with Crippen LogP contribution in [0.15, 0.2) is 66.7 Å². The average Bonchev–Trinajstić information content (AvgIpc) is 2.79. The van der Waals surface area contributed by atoms with E-state index >= 15 is 0 Å². The number of amides is 1. The first-order valence-electron chi connectivity index (χ1n) is 11.2.